The molecule has 0 aliphatic carbocycles. The van der Waals surface area contributed by atoms with Gasteiger partial charge >= 0.3 is 0 Å². The van der Waals surface area contributed by atoms with E-state index in [1.165, 1.54) is 5.56 Å². The van der Waals surface area contributed by atoms with Crippen molar-refractivity contribution in [2.24, 2.45) is 0 Å². The van der Waals surface area contributed by atoms with E-state index in [1.807, 2.05) is 18.2 Å². The minimum atomic E-state index is 0.0170. The van der Waals surface area contributed by atoms with E-state index in [-0.39, 0.29) is 12.5 Å². The van der Waals surface area contributed by atoms with Crippen LogP contribution in [0.4, 0.5) is 0 Å². The quantitative estimate of drug-likeness (QED) is 0.761. The van der Waals surface area contributed by atoms with Crippen molar-refractivity contribution in [3.63, 3.8) is 0 Å². The van der Waals surface area contributed by atoms with Gasteiger partial charge in [-0.15, -0.1) is 10.2 Å². The van der Waals surface area contributed by atoms with Crippen molar-refractivity contribution in [2.45, 2.75) is 39.3 Å². The highest BCUT2D eigenvalue weighted by Gasteiger charge is 2.25. The zero-order valence-electron chi connectivity index (χ0n) is 14.3. The van der Waals surface area contributed by atoms with Gasteiger partial charge in [0.1, 0.15) is 12.4 Å². The molecule has 6 heteroatoms. The van der Waals surface area contributed by atoms with Gasteiger partial charge in [-0.1, -0.05) is 44.2 Å². The number of fused-ring (bicyclic) bond motifs is 1. The number of ether oxygens (including phenoxy) is 1. The van der Waals surface area contributed by atoms with Gasteiger partial charge in [0.2, 0.25) is 5.91 Å². The van der Waals surface area contributed by atoms with Crippen molar-refractivity contribution in [1.29, 1.82) is 0 Å². The average molecular weight is 328 g/mol. The number of hydrogen-bond acceptors (Lipinski definition) is 4. The molecule has 0 radical (unpaired) electrons. The second-order valence-electron chi connectivity index (χ2n) is 6.38. The van der Waals surface area contributed by atoms with Gasteiger partial charge in [-0.05, 0) is 12.0 Å². The Morgan fingerprint density at radius 3 is 2.75 bits per heavy atom. The first-order valence-electron chi connectivity index (χ1n) is 8.46. The van der Waals surface area contributed by atoms with Gasteiger partial charge in [-0.2, -0.15) is 0 Å². The van der Waals surface area contributed by atoms with E-state index in [0.29, 0.717) is 25.6 Å². The van der Waals surface area contributed by atoms with Crippen LogP contribution in [0, 0.1) is 0 Å². The number of carbonyl (C=O) groups excluding carboxylic acids is 1. The summed E-state index contributed by atoms with van der Waals surface area (Å²) in [4.78, 5) is 14.1. The Labute approximate surface area is 142 Å². The van der Waals surface area contributed by atoms with E-state index in [9.17, 15) is 4.79 Å². The molecule has 1 aromatic carbocycles. The second-order valence-corrected chi connectivity index (χ2v) is 6.38. The van der Waals surface area contributed by atoms with Gasteiger partial charge in [0, 0.05) is 19.0 Å². The molecule has 6 nitrogen and oxygen atoms in total. The number of benzene rings is 1. The third kappa shape index (κ3) is 3.82. The minimum Gasteiger partial charge on any atom is -0.371 e. The molecule has 0 fully saturated rings. The molecule has 0 saturated carbocycles. The smallest absolute Gasteiger partial charge is 0.249 e. The van der Waals surface area contributed by atoms with Crippen LogP contribution >= 0.6 is 0 Å². The predicted molar refractivity (Wildman–Crippen MR) is 90.5 cm³/mol. The molecule has 1 aliphatic rings. The molecule has 0 spiro atoms. The lowest BCUT2D eigenvalue weighted by atomic mass is 10.2. The van der Waals surface area contributed by atoms with Crippen LogP contribution in [0.5, 0.6) is 0 Å². The van der Waals surface area contributed by atoms with Crippen LogP contribution in [0.25, 0.3) is 0 Å². The Morgan fingerprint density at radius 1 is 1.21 bits per heavy atom. The third-order valence-electron chi connectivity index (χ3n) is 4.25. The average Bonchev–Trinajstić information content (AvgIpc) is 3.03. The Kier molecular flexibility index (Phi) is 5.25. The Hall–Kier alpha value is -2.21. The summed E-state index contributed by atoms with van der Waals surface area (Å²) in [6, 6.07) is 10.1. The lowest BCUT2D eigenvalue weighted by Crippen LogP contribution is -2.40. The summed E-state index contributed by atoms with van der Waals surface area (Å²) in [7, 11) is 0. The summed E-state index contributed by atoms with van der Waals surface area (Å²) >= 11 is 0. The van der Waals surface area contributed by atoms with Crippen molar-refractivity contribution >= 4 is 5.91 Å². The summed E-state index contributed by atoms with van der Waals surface area (Å²) in [5.41, 5.74) is 1.22. The number of amides is 1. The van der Waals surface area contributed by atoms with Crippen molar-refractivity contribution in [3.05, 3.63) is 47.5 Å². The molecule has 0 bridgehead atoms. The first kappa shape index (κ1) is 16.6. The fourth-order valence-electron chi connectivity index (χ4n) is 2.91. The summed E-state index contributed by atoms with van der Waals surface area (Å²) in [6.07, 6.45) is 0.820. The maximum Gasteiger partial charge on any atom is 0.249 e. The SMILES string of the molecule is CC(C)c1nnc2n1CCN(C(=O)COCCc1ccccc1)C2. The van der Waals surface area contributed by atoms with Gasteiger partial charge in [0.05, 0.1) is 13.2 Å². The lowest BCUT2D eigenvalue weighted by molar-refractivity contribution is -0.137. The number of carbonyl (C=O) groups is 1. The molecule has 1 aromatic heterocycles. The molecule has 0 saturated heterocycles. The van der Waals surface area contributed by atoms with Crippen molar-refractivity contribution in [2.75, 3.05) is 19.8 Å². The monoisotopic (exact) mass is 328 g/mol. The maximum atomic E-state index is 12.3. The van der Waals surface area contributed by atoms with E-state index in [1.54, 1.807) is 4.90 Å². The highest BCUT2D eigenvalue weighted by atomic mass is 16.5. The number of rotatable bonds is 6. The second kappa shape index (κ2) is 7.57. The normalized spacial score (nSPS) is 14.0. The highest BCUT2D eigenvalue weighted by molar-refractivity contribution is 5.77. The van der Waals surface area contributed by atoms with Crippen molar-refractivity contribution in [1.82, 2.24) is 19.7 Å². The molecular formula is C18H24N4O2. The summed E-state index contributed by atoms with van der Waals surface area (Å²) < 4.78 is 7.68. The van der Waals surface area contributed by atoms with Gasteiger partial charge in [-0.25, -0.2) is 0 Å². The zero-order valence-corrected chi connectivity index (χ0v) is 14.3. The molecule has 3 rings (SSSR count). The third-order valence-corrected chi connectivity index (χ3v) is 4.25. The largest absolute Gasteiger partial charge is 0.371 e. The van der Waals surface area contributed by atoms with Crippen LogP contribution in [0.3, 0.4) is 0 Å². The van der Waals surface area contributed by atoms with Crippen molar-refractivity contribution in [3.8, 4) is 0 Å². The van der Waals surface area contributed by atoms with Crippen LogP contribution < -0.4 is 0 Å². The number of nitrogens with zero attached hydrogens (tertiary/aromatic N) is 4. The number of hydrogen-bond donors (Lipinski definition) is 0. The molecule has 1 aliphatic heterocycles. The topological polar surface area (TPSA) is 60.2 Å². The van der Waals surface area contributed by atoms with Crippen LogP contribution in [0.2, 0.25) is 0 Å². The van der Waals surface area contributed by atoms with Gasteiger partial charge in [0.25, 0.3) is 0 Å². The standard InChI is InChI=1S/C18H24N4O2/c1-14(2)18-20-19-16-12-21(9-10-22(16)18)17(23)13-24-11-8-15-6-4-3-5-7-15/h3-7,14H,8-13H2,1-2H3. The lowest BCUT2D eigenvalue weighted by Gasteiger charge is -2.28. The molecule has 0 N–H and O–H groups in total. The summed E-state index contributed by atoms with van der Waals surface area (Å²) in [5, 5.41) is 8.47. The fraction of sp³-hybridized carbons (Fsp3) is 0.500. The zero-order chi connectivity index (χ0) is 16.9. The fourth-order valence-corrected chi connectivity index (χ4v) is 2.91. The summed E-state index contributed by atoms with van der Waals surface area (Å²) in [5.74, 6) is 2.22. The predicted octanol–water partition coefficient (Wildman–Crippen LogP) is 2.00. The molecule has 24 heavy (non-hydrogen) atoms. The molecule has 0 unspecified atom stereocenters. The molecule has 128 valence electrons. The Balaban J connectivity index is 1.46. The molecule has 0 atom stereocenters. The van der Waals surface area contributed by atoms with Crippen LogP contribution in [0.15, 0.2) is 30.3 Å². The van der Waals surface area contributed by atoms with Crippen LogP contribution in [-0.2, 0) is 29.0 Å². The molecule has 1 amide bonds. The van der Waals surface area contributed by atoms with Crippen molar-refractivity contribution < 1.29 is 9.53 Å². The Morgan fingerprint density at radius 2 is 2.00 bits per heavy atom. The first-order valence-corrected chi connectivity index (χ1v) is 8.46. The van der Waals surface area contributed by atoms with Gasteiger partial charge < -0.3 is 14.2 Å². The minimum absolute atomic E-state index is 0.0170. The van der Waals surface area contributed by atoms with E-state index in [2.05, 4.69) is 40.7 Å². The van der Waals surface area contributed by atoms with E-state index in [4.69, 9.17) is 4.74 Å². The van der Waals surface area contributed by atoms with E-state index in [0.717, 1.165) is 24.6 Å². The highest BCUT2D eigenvalue weighted by Crippen LogP contribution is 2.18. The first-order chi connectivity index (χ1) is 11.6. The summed E-state index contributed by atoms with van der Waals surface area (Å²) in [6.45, 7) is 6.85. The van der Waals surface area contributed by atoms with Gasteiger partial charge in [-0.3, -0.25) is 4.79 Å². The van der Waals surface area contributed by atoms with E-state index < -0.39 is 0 Å². The number of aromatic nitrogens is 3. The van der Waals surface area contributed by atoms with Crippen LogP contribution in [-0.4, -0.2) is 45.3 Å². The van der Waals surface area contributed by atoms with Gasteiger partial charge in [0.15, 0.2) is 5.82 Å². The van der Waals surface area contributed by atoms with Crippen LogP contribution in [0.1, 0.15) is 37.0 Å². The maximum absolute atomic E-state index is 12.3. The molecule has 2 aromatic rings. The Bertz CT molecular complexity index is 682. The molecular weight excluding hydrogens is 304 g/mol. The van der Waals surface area contributed by atoms with E-state index >= 15 is 0 Å². The molecule has 2 heterocycles.